The highest BCUT2D eigenvalue weighted by Crippen LogP contribution is 2.47. The normalized spacial score (nSPS) is 17.5. The molecular formula is C12H7Cl5O2. The molecule has 2 nitrogen and oxygen atoms in total. The quantitative estimate of drug-likeness (QED) is 0.421. The third-order valence-corrected chi connectivity index (χ3v) is 4.93. The van der Waals surface area contributed by atoms with Crippen LogP contribution in [0.5, 0.6) is 0 Å². The summed E-state index contributed by atoms with van der Waals surface area (Å²) >= 11 is 30.1. The van der Waals surface area contributed by atoms with Crippen molar-refractivity contribution in [3.05, 3.63) is 48.9 Å². The molecule has 0 aliphatic heterocycles. The lowest BCUT2D eigenvalue weighted by atomic mass is 9.96. The second-order valence-electron chi connectivity index (χ2n) is 4.02. The molecule has 0 saturated heterocycles. The summed E-state index contributed by atoms with van der Waals surface area (Å²) in [6.07, 6.45) is 4.29. The van der Waals surface area contributed by atoms with E-state index >= 15 is 0 Å². The average molecular weight is 360 g/mol. The smallest absolute Gasteiger partial charge is 0.186 e. The van der Waals surface area contributed by atoms with Crippen LogP contribution in [0.4, 0.5) is 0 Å². The number of aliphatic hydroxyl groups is 2. The molecule has 2 rings (SSSR count). The Morgan fingerprint density at radius 3 is 1.74 bits per heavy atom. The molecule has 0 heterocycles. The minimum absolute atomic E-state index is 0.00333. The highest BCUT2D eigenvalue weighted by molar-refractivity contribution is 6.55. The van der Waals surface area contributed by atoms with Crippen LogP contribution in [0, 0.1) is 0 Å². The summed E-state index contributed by atoms with van der Waals surface area (Å²) in [5, 5.41) is 19.5. The van der Waals surface area contributed by atoms with Crippen molar-refractivity contribution in [3.63, 3.8) is 0 Å². The van der Waals surface area contributed by atoms with Gasteiger partial charge in [-0.2, -0.15) is 0 Å². The maximum absolute atomic E-state index is 9.42. The number of halogens is 5. The molecule has 0 unspecified atom stereocenters. The average Bonchev–Trinajstić information content (AvgIpc) is 2.36. The first-order chi connectivity index (χ1) is 8.74. The molecule has 1 aliphatic carbocycles. The van der Waals surface area contributed by atoms with Crippen molar-refractivity contribution in [1.82, 2.24) is 0 Å². The second kappa shape index (κ2) is 5.45. The molecule has 0 radical (unpaired) electrons. The van der Waals surface area contributed by atoms with Gasteiger partial charge < -0.3 is 10.2 Å². The van der Waals surface area contributed by atoms with Crippen LogP contribution in [0.2, 0.25) is 25.1 Å². The van der Waals surface area contributed by atoms with Crippen molar-refractivity contribution in [2.24, 2.45) is 0 Å². The SMILES string of the molecule is OC1(O)C=CC(c2c(Cl)c(Cl)c(Cl)c(Cl)c2Cl)=CC1. The van der Waals surface area contributed by atoms with Crippen LogP contribution in [0.15, 0.2) is 18.2 Å². The Hall–Kier alpha value is 0.0700. The molecule has 102 valence electrons. The topological polar surface area (TPSA) is 40.5 Å². The molecule has 0 fully saturated rings. The molecule has 0 spiro atoms. The van der Waals surface area contributed by atoms with Crippen LogP contribution in [0.25, 0.3) is 5.57 Å². The maximum Gasteiger partial charge on any atom is 0.186 e. The minimum Gasteiger partial charge on any atom is -0.362 e. The van der Waals surface area contributed by atoms with Gasteiger partial charge in [-0.25, -0.2) is 0 Å². The second-order valence-corrected chi connectivity index (χ2v) is 5.91. The molecule has 0 saturated carbocycles. The van der Waals surface area contributed by atoms with Crippen molar-refractivity contribution >= 4 is 63.6 Å². The molecule has 0 aromatic heterocycles. The van der Waals surface area contributed by atoms with E-state index in [1.807, 2.05) is 0 Å². The Bertz CT molecular complexity index is 576. The van der Waals surface area contributed by atoms with Gasteiger partial charge in [0.2, 0.25) is 0 Å². The Morgan fingerprint density at radius 2 is 1.32 bits per heavy atom. The number of allylic oxidation sites excluding steroid dienone is 2. The molecule has 0 bridgehead atoms. The van der Waals surface area contributed by atoms with Crippen molar-refractivity contribution in [2.45, 2.75) is 12.2 Å². The fraction of sp³-hybridized carbons (Fsp3) is 0.167. The van der Waals surface area contributed by atoms with E-state index in [0.717, 1.165) is 0 Å². The van der Waals surface area contributed by atoms with Crippen molar-refractivity contribution in [1.29, 1.82) is 0 Å². The third kappa shape index (κ3) is 2.91. The Morgan fingerprint density at radius 1 is 0.842 bits per heavy atom. The molecule has 2 N–H and O–H groups in total. The highest BCUT2D eigenvalue weighted by atomic mass is 35.5. The number of hydrogen-bond donors (Lipinski definition) is 2. The van der Waals surface area contributed by atoms with Crippen LogP contribution in [0.1, 0.15) is 12.0 Å². The molecule has 1 aromatic rings. The van der Waals surface area contributed by atoms with E-state index in [1.54, 1.807) is 6.08 Å². The highest BCUT2D eigenvalue weighted by Gasteiger charge is 2.25. The van der Waals surface area contributed by atoms with E-state index in [1.165, 1.54) is 12.2 Å². The zero-order valence-electron chi connectivity index (χ0n) is 9.22. The van der Waals surface area contributed by atoms with E-state index in [4.69, 9.17) is 58.0 Å². The van der Waals surface area contributed by atoms with Gasteiger partial charge in [0, 0.05) is 12.0 Å². The summed E-state index contributed by atoms with van der Waals surface area (Å²) in [4.78, 5) is 0. The van der Waals surface area contributed by atoms with Crippen LogP contribution < -0.4 is 0 Å². The molecular weight excluding hydrogens is 353 g/mol. The molecule has 1 aliphatic rings. The van der Waals surface area contributed by atoms with Crippen molar-refractivity contribution in [2.75, 3.05) is 0 Å². The van der Waals surface area contributed by atoms with E-state index in [9.17, 15) is 10.2 Å². The van der Waals surface area contributed by atoms with E-state index in [-0.39, 0.29) is 31.5 Å². The zero-order valence-corrected chi connectivity index (χ0v) is 13.0. The van der Waals surface area contributed by atoms with Crippen molar-refractivity contribution in [3.8, 4) is 0 Å². The summed E-state index contributed by atoms with van der Waals surface area (Å²) in [5.41, 5.74) is 1.00. The monoisotopic (exact) mass is 358 g/mol. The Kier molecular flexibility index (Phi) is 4.44. The molecule has 19 heavy (non-hydrogen) atoms. The first-order valence-electron chi connectivity index (χ1n) is 5.10. The van der Waals surface area contributed by atoms with Gasteiger partial charge in [-0.1, -0.05) is 70.2 Å². The zero-order chi connectivity index (χ0) is 14.4. The minimum atomic E-state index is -1.87. The fourth-order valence-electron chi connectivity index (χ4n) is 1.66. The summed E-state index contributed by atoms with van der Waals surface area (Å²) < 4.78 is 0. The van der Waals surface area contributed by atoms with Crippen LogP contribution in [-0.2, 0) is 0 Å². The predicted octanol–water partition coefficient (Wildman–Crippen LogP) is 4.98. The first-order valence-corrected chi connectivity index (χ1v) is 6.99. The molecule has 1 aromatic carbocycles. The van der Waals surface area contributed by atoms with Gasteiger partial charge in [-0.05, 0) is 11.6 Å². The summed E-state index contributed by atoms with van der Waals surface area (Å²) in [6, 6.07) is 0. The first kappa shape index (κ1) is 15.5. The summed E-state index contributed by atoms with van der Waals surface area (Å²) in [7, 11) is 0. The Balaban J connectivity index is 2.60. The van der Waals surface area contributed by atoms with Gasteiger partial charge in [-0.15, -0.1) is 0 Å². The molecule has 7 heteroatoms. The van der Waals surface area contributed by atoms with E-state index in [0.29, 0.717) is 11.1 Å². The molecule has 0 atom stereocenters. The van der Waals surface area contributed by atoms with Gasteiger partial charge in [0.15, 0.2) is 5.79 Å². The molecule has 0 amide bonds. The Labute approximate surface area is 134 Å². The lowest BCUT2D eigenvalue weighted by molar-refractivity contribution is -0.114. The van der Waals surface area contributed by atoms with Gasteiger partial charge in [0.25, 0.3) is 0 Å². The van der Waals surface area contributed by atoms with Crippen LogP contribution in [0.3, 0.4) is 0 Å². The van der Waals surface area contributed by atoms with Crippen LogP contribution >= 0.6 is 58.0 Å². The predicted molar refractivity (Wildman–Crippen MR) is 80.4 cm³/mol. The van der Waals surface area contributed by atoms with Gasteiger partial charge >= 0.3 is 0 Å². The lowest BCUT2D eigenvalue weighted by Crippen LogP contribution is -2.25. The van der Waals surface area contributed by atoms with Crippen molar-refractivity contribution < 1.29 is 10.2 Å². The maximum atomic E-state index is 9.42. The number of rotatable bonds is 1. The third-order valence-electron chi connectivity index (χ3n) is 2.65. The summed E-state index contributed by atoms with van der Waals surface area (Å²) in [6.45, 7) is 0. The number of benzene rings is 1. The van der Waals surface area contributed by atoms with Gasteiger partial charge in [-0.3, -0.25) is 0 Å². The van der Waals surface area contributed by atoms with Crippen LogP contribution in [-0.4, -0.2) is 16.0 Å². The van der Waals surface area contributed by atoms with Gasteiger partial charge in [0.1, 0.15) is 0 Å². The fourth-order valence-corrected chi connectivity index (χ4v) is 3.02. The van der Waals surface area contributed by atoms with E-state index in [2.05, 4.69) is 0 Å². The van der Waals surface area contributed by atoms with E-state index < -0.39 is 5.79 Å². The lowest BCUT2D eigenvalue weighted by Gasteiger charge is -2.21. The summed E-state index contributed by atoms with van der Waals surface area (Å²) in [5.74, 6) is -1.87. The number of hydrogen-bond acceptors (Lipinski definition) is 2. The largest absolute Gasteiger partial charge is 0.362 e. The standard InChI is InChI=1S/C12H7Cl5O2/c13-7-6(5-1-3-12(18,19)4-2-5)8(14)10(16)11(17)9(7)15/h1-3,18-19H,4H2. The van der Waals surface area contributed by atoms with Gasteiger partial charge in [0.05, 0.1) is 25.1 Å².